The Balaban J connectivity index is 3.45. The van der Waals surface area contributed by atoms with Gasteiger partial charge in [0.25, 0.3) is 0 Å². The molecule has 0 saturated carbocycles. The molecule has 0 amide bonds. The van der Waals surface area contributed by atoms with E-state index in [4.69, 9.17) is 4.74 Å². The van der Waals surface area contributed by atoms with Crippen LogP contribution in [0.3, 0.4) is 0 Å². The highest BCUT2D eigenvalue weighted by atomic mass is 16.5. The first-order chi connectivity index (χ1) is 4.12. The van der Waals surface area contributed by atoms with Crippen molar-refractivity contribution >= 4 is 6.29 Å². The van der Waals surface area contributed by atoms with Crippen LogP contribution in [-0.4, -0.2) is 19.5 Å². The normalized spacial score (nSPS) is 11.4. The fraction of sp³-hybridized carbons (Fsp3) is 0.857. The third-order valence-electron chi connectivity index (χ3n) is 0.943. The SMILES string of the molecule is CCOCC(C)(C)[C]=O. The Kier molecular flexibility index (Phi) is 3.47. The summed E-state index contributed by atoms with van der Waals surface area (Å²) in [4.78, 5) is 10.1. The summed E-state index contributed by atoms with van der Waals surface area (Å²) in [6.45, 7) is 6.63. The molecule has 0 atom stereocenters. The molecule has 0 aromatic carbocycles. The Morgan fingerprint density at radius 1 is 1.56 bits per heavy atom. The van der Waals surface area contributed by atoms with Crippen molar-refractivity contribution in [1.29, 1.82) is 0 Å². The molecule has 9 heavy (non-hydrogen) atoms. The molecule has 0 rings (SSSR count). The predicted molar refractivity (Wildman–Crippen MR) is 36.0 cm³/mol. The van der Waals surface area contributed by atoms with Gasteiger partial charge in [0.2, 0.25) is 6.29 Å². The van der Waals surface area contributed by atoms with Gasteiger partial charge in [0.05, 0.1) is 12.0 Å². The lowest BCUT2D eigenvalue weighted by Gasteiger charge is -2.13. The highest BCUT2D eigenvalue weighted by Crippen LogP contribution is 2.10. The molecule has 0 aliphatic heterocycles. The van der Waals surface area contributed by atoms with Crippen molar-refractivity contribution < 1.29 is 9.53 Å². The van der Waals surface area contributed by atoms with Gasteiger partial charge in [-0.1, -0.05) is 13.8 Å². The monoisotopic (exact) mass is 129 g/mol. The van der Waals surface area contributed by atoms with Crippen LogP contribution in [0.15, 0.2) is 0 Å². The topological polar surface area (TPSA) is 26.3 Å². The molecule has 1 radical (unpaired) electrons. The largest absolute Gasteiger partial charge is 0.381 e. The van der Waals surface area contributed by atoms with Crippen LogP contribution in [0.25, 0.3) is 0 Å². The summed E-state index contributed by atoms with van der Waals surface area (Å²) in [5, 5.41) is 0. The van der Waals surface area contributed by atoms with Crippen molar-refractivity contribution in [1.82, 2.24) is 0 Å². The summed E-state index contributed by atoms with van der Waals surface area (Å²) in [5.41, 5.74) is -0.435. The van der Waals surface area contributed by atoms with Crippen LogP contribution in [0.5, 0.6) is 0 Å². The zero-order valence-corrected chi connectivity index (χ0v) is 6.23. The van der Waals surface area contributed by atoms with Gasteiger partial charge >= 0.3 is 0 Å². The molecule has 0 spiro atoms. The van der Waals surface area contributed by atoms with Gasteiger partial charge < -0.3 is 4.74 Å². The number of rotatable bonds is 4. The maximum atomic E-state index is 10.1. The standard InChI is InChI=1S/C7H13O2/c1-4-9-6-7(2,3)5-8/h4,6H2,1-3H3. The van der Waals surface area contributed by atoms with Crippen molar-refractivity contribution in [2.24, 2.45) is 5.41 Å². The van der Waals surface area contributed by atoms with Crippen molar-refractivity contribution in [2.75, 3.05) is 13.2 Å². The maximum Gasteiger partial charge on any atom is 0.206 e. The summed E-state index contributed by atoms with van der Waals surface area (Å²) in [7, 11) is 0. The van der Waals surface area contributed by atoms with E-state index in [-0.39, 0.29) is 0 Å². The fourth-order valence-electron chi connectivity index (χ4n) is 0.387. The van der Waals surface area contributed by atoms with Gasteiger partial charge in [-0.25, -0.2) is 0 Å². The molecule has 0 aliphatic carbocycles. The average Bonchev–Trinajstić information content (AvgIpc) is 1.84. The van der Waals surface area contributed by atoms with E-state index in [9.17, 15) is 4.79 Å². The quantitative estimate of drug-likeness (QED) is 0.569. The lowest BCUT2D eigenvalue weighted by atomic mass is 9.98. The molecule has 2 heteroatoms. The first-order valence-corrected chi connectivity index (χ1v) is 3.09. The zero-order valence-electron chi connectivity index (χ0n) is 6.23. The summed E-state index contributed by atoms with van der Waals surface area (Å²) in [6.07, 6.45) is 1.90. The van der Waals surface area contributed by atoms with Crippen LogP contribution in [-0.2, 0) is 9.53 Å². The molecular formula is C7H13O2. The molecule has 0 aliphatic rings. The highest BCUT2D eigenvalue weighted by molar-refractivity contribution is 5.58. The van der Waals surface area contributed by atoms with E-state index in [1.165, 1.54) is 0 Å². The van der Waals surface area contributed by atoms with Gasteiger partial charge in [-0.2, -0.15) is 0 Å². The summed E-state index contributed by atoms with van der Waals surface area (Å²) < 4.78 is 5.03. The summed E-state index contributed by atoms with van der Waals surface area (Å²) in [6, 6.07) is 0. The average molecular weight is 129 g/mol. The van der Waals surface area contributed by atoms with Gasteiger partial charge in [0.1, 0.15) is 0 Å². The van der Waals surface area contributed by atoms with E-state index in [0.29, 0.717) is 13.2 Å². The Labute approximate surface area is 56.2 Å². The molecule has 0 N–H and O–H groups in total. The maximum absolute atomic E-state index is 10.1. The second kappa shape index (κ2) is 3.62. The first kappa shape index (κ1) is 8.63. The molecule has 53 valence electrons. The van der Waals surface area contributed by atoms with Crippen molar-refractivity contribution in [2.45, 2.75) is 20.8 Å². The molecule has 0 fully saturated rings. The second-order valence-corrected chi connectivity index (χ2v) is 2.62. The minimum Gasteiger partial charge on any atom is -0.381 e. The molecule has 0 unspecified atom stereocenters. The molecule has 2 nitrogen and oxygen atoms in total. The second-order valence-electron chi connectivity index (χ2n) is 2.62. The van der Waals surface area contributed by atoms with Crippen LogP contribution in [0.2, 0.25) is 0 Å². The van der Waals surface area contributed by atoms with Crippen LogP contribution in [0.1, 0.15) is 20.8 Å². The van der Waals surface area contributed by atoms with Gasteiger partial charge in [-0.15, -0.1) is 0 Å². The molecule has 0 saturated heterocycles. The van der Waals surface area contributed by atoms with Gasteiger partial charge in [0, 0.05) is 6.61 Å². The lowest BCUT2D eigenvalue weighted by molar-refractivity contribution is 0.100. The minimum absolute atomic E-state index is 0.435. The Morgan fingerprint density at radius 2 is 2.11 bits per heavy atom. The Morgan fingerprint density at radius 3 is 2.44 bits per heavy atom. The van der Waals surface area contributed by atoms with Crippen LogP contribution in [0.4, 0.5) is 0 Å². The lowest BCUT2D eigenvalue weighted by Crippen LogP contribution is -2.20. The molecule has 0 aromatic heterocycles. The number of carbonyl (C=O) groups excluding carboxylic acids is 1. The molecule has 0 aromatic rings. The fourth-order valence-corrected chi connectivity index (χ4v) is 0.387. The van der Waals surface area contributed by atoms with Crippen molar-refractivity contribution in [3.63, 3.8) is 0 Å². The summed E-state index contributed by atoms with van der Waals surface area (Å²) in [5.74, 6) is 0. The van der Waals surface area contributed by atoms with Gasteiger partial charge in [-0.3, -0.25) is 4.79 Å². The minimum atomic E-state index is -0.435. The van der Waals surface area contributed by atoms with E-state index in [1.54, 1.807) is 13.8 Å². The third-order valence-corrected chi connectivity index (χ3v) is 0.943. The van der Waals surface area contributed by atoms with Gasteiger partial charge in [0.15, 0.2) is 0 Å². The number of hydrogen-bond donors (Lipinski definition) is 0. The zero-order chi connectivity index (χ0) is 7.33. The number of ether oxygens (including phenoxy) is 1. The van der Waals surface area contributed by atoms with E-state index in [2.05, 4.69) is 0 Å². The van der Waals surface area contributed by atoms with E-state index in [0.717, 1.165) is 0 Å². The van der Waals surface area contributed by atoms with Crippen LogP contribution < -0.4 is 0 Å². The summed E-state index contributed by atoms with van der Waals surface area (Å²) >= 11 is 0. The van der Waals surface area contributed by atoms with E-state index >= 15 is 0 Å². The van der Waals surface area contributed by atoms with Crippen LogP contribution >= 0.6 is 0 Å². The third kappa shape index (κ3) is 4.15. The van der Waals surface area contributed by atoms with E-state index in [1.807, 2.05) is 13.2 Å². The number of hydrogen-bond acceptors (Lipinski definition) is 2. The van der Waals surface area contributed by atoms with Gasteiger partial charge in [-0.05, 0) is 6.92 Å². The molecular weight excluding hydrogens is 116 g/mol. The van der Waals surface area contributed by atoms with E-state index < -0.39 is 5.41 Å². The molecule has 0 heterocycles. The first-order valence-electron chi connectivity index (χ1n) is 3.09. The highest BCUT2D eigenvalue weighted by Gasteiger charge is 2.16. The Hall–Kier alpha value is -0.370. The van der Waals surface area contributed by atoms with Crippen molar-refractivity contribution in [3.8, 4) is 0 Å². The Bertz CT molecular complexity index is 86.9. The van der Waals surface area contributed by atoms with Crippen LogP contribution in [0, 0.1) is 5.41 Å². The molecule has 0 bridgehead atoms. The smallest absolute Gasteiger partial charge is 0.206 e. The van der Waals surface area contributed by atoms with Crippen molar-refractivity contribution in [3.05, 3.63) is 0 Å². The predicted octanol–water partition coefficient (Wildman–Crippen LogP) is 1.16.